The van der Waals surface area contributed by atoms with Gasteiger partial charge in [-0.15, -0.1) is 11.3 Å². The third-order valence-electron chi connectivity index (χ3n) is 3.48. The molecule has 1 aliphatic carbocycles. The van der Waals surface area contributed by atoms with Crippen molar-refractivity contribution in [2.75, 3.05) is 0 Å². The van der Waals surface area contributed by atoms with Crippen molar-refractivity contribution in [1.82, 2.24) is 0 Å². The number of Topliss-reactive ketones (excluding diaryl/α,β-unsaturated/α-hetero) is 1. The Balaban J connectivity index is 2.18. The molecule has 4 nitrogen and oxygen atoms in total. The lowest BCUT2D eigenvalue weighted by Crippen LogP contribution is -2.26. The molecular weight excluding hydrogens is 296 g/mol. The number of thiophene rings is 1. The van der Waals surface area contributed by atoms with Crippen molar-refractivity contribution in [2.45, 2.75) is 25.2 Å². The van der Waals surface area contributed by atoms with Gasteiger partial charge >= 0.3 is 0 Å². The molecule has 2 aliphatic rings. The molecule has 0 spiro atoms. The van der Waals surface area contributed by atoms with E-state index >= 15 is 0 Å². The largest absolute Gasteiger partial charge is 0.444 e. The van der Waals surface area contributed by atoms with E-state index in [1.807, 2.05) is 6.07 Å². The number of rotatable bonds is 1. The zero-order valence-corrected chi connectivity index (χ0v) is 12.1. The van der Waals surface area contributed by atoms with E-state index in [1.165, 1.54) is 11.3 Å². The molecule has 0 bridgehead atoms. The van der Waals surface area contributed by atoms with Crippen LogP contribution in [0.5, 0.6) is 0 Å². The number of nitriles is 1. The smallest absolute Gasteiger partial charge is 0.205 e. The van der Waals surface area contributed by atoms with Crippen molar-refractivity contribution in [1.29, 1.82) is 5.26 Å². The maximum atomic E-state index is 12.2. The molecule has 1 atom stereocenters. The third-order valence-corrected chi connectivity index (χ3v) is 4.78. The van der Waals surface area contributed by atoms with Gasteiger partial charge < -0.3 is 10.5 Å². The maximum Gasteiger partial charge on any atom is 0.205 e. The monoisotopic (exact) mass is 306 g/mol. The van der Waals surface area contributed by atoms with Gasteiger partial charge in [-0.05, 0) is 18.6 Å². The average Bonchev–Trinajstić information content (AvgIpc) is 2.84. The molecule has 0 saturated carbocycles. The van der Waals surface area contributed by atoms with E-state index in [0.717, 1.165) is 11.3 Å². The van der Waals surface area contributed by atoms with Gasteiger partial charge in [0.15, 0.2) is 5.78 Å². The molecule has 20 heavy (non-hydrogen) atoms. The molecule has 0 aromatic carbocycles. The number of ether oxygens (including phenoxy) is 1. The highest BCUT2D eigenvalue weighted by molar-refractivity contribution is 7.16. The summed E-state index contributed by atoms with van der Waals surface area (Å²) in [4.78, 5) is 13.1. The van der Waals surface area contributed by atoms with Crippen LogP contribution in [0.3, 0.4) is 0 Å². The summed E-state index contributed by atoms with van der Waals surface area (Å²) in [6.07, 6.45) is 1.91. The number of nitrogens with zero attached hydrogens (tertiary/aromatic N) is 1. The number of halogens is 1. The summed E-state index contributed by atoms with van der Waals surface area (Å²) in [5.74, 6) is 0.290. The second-order valence-corrected chi connectivity index (χ2v) is 6.43. The molecule has 1 aliphatic heterocycles. The van der Waals surface area contributed by atoms with Crippen LogP contribution in [-0.2, 0) is 9.53 Å². The van der Waals surface area contributed by atoms with Crippen LogP contribution in [0, 0.1) is 11.3 Å². The highest BCUT2D eigenvalue weighted by atomic mass is 35.5. The molecule has 1 unspecified atom stereocenters. The van der Waals surface area contributed by atoms with Crippen LogP contribution in [0.15, 0.2) is 34.9 Å². The molecule has 2 N–H and O–H groups in total. The fourth-order valence-electron chi connectivity index (χ4n) is 2.62. The zero-order chi connectivity index (χ0) is 14.3. The highest BCUT2D eigenvalue weighted by Crippen LogP contribution is 2.45. The summed E-state index contributed by atoms with van der Waals surface area (Å²) in [5.41, 5.74) is 6.70. The second kappa shape index (κ2) is 4.97. The maximum absolute atomic E-state index is 12.2. The topological polar surface area (TPSA) is 76.1 Å². The predicted octanol–water partition coefficient (Wildman–Crippen LogP) is 3.22. The Morgan fingerprint density at radius 2 is 2.25 bits per heavy atom. The van der Waals surface area contributed by atoms with E-state index in [0.29, 0.717) is 28.5 Å². The number of hydrogen-bond donors (Lipinski definition) is 1. The van der Waals surface area contributed by atoms with Gasteiger partial charge in [-0.1, -0.05) is 11.6 Å². The summed E-state index contributed by atoms with van der Waals surface area (Å²) >= 11 is 7.33. The quantitative estimate of drug-likeness (QED) is 0.864. The molecule has 1 aromatic rings. The van der Waals surface area contributed by atoms with Crippen molar-refractivity contribution in [3.05, 3.63) is 44.1 Å². The van der Waals surface area contributed by atoms with Crippen LogP contribution in [0.4, 0.5) is 0 Å². The fraction of sp³-hybridized carbons (Fsp3) is 0.286. The van der Waals surface area contributed by atoms with Crippen LogP contribution >= 0.6 is 22.9 Å². The lowest BCUT2D eigenvalue weighted by Gasteiger charge is -2.30. The van der Waals surface area contributed by atoms with Gasteiger partial charge in [0.25, 0.3) is 0 Å². The molecule has 0 fully saturated rings. The van der Waals surface area contributed by atoms with E-state index in [2.05, 4.69) is 6.07 Å². The van der Waals surface area contributed by atoms with Gasteiger partial charge in [0.05, 0.1) is 10.3 Å². The number of carbonyl (C=O) groups is 1. The Morgan fingerprint density at radius 3 is 2.90 bits per heavy atom. The van der Waals surface area contributed by atoms with Gasteiger partial charge in [-0.3, -0.25) is 4.79 Å². The SMILES string of the molecule is N#CC1=C(N)OC2=C(C(=O)CCC2)C1c1ccc(Cl)s1. The van der Waals surface area contributed by atoms with Gasteiger partial charge in [0.1, 0.15) is 17.4 Å². The first-order valence-electron chi connectivity index (χ1n) is 6.21. The number of carbonyl (C=O) groups excluding carboxylic acids is 1. The first kappa shape index (κ1) is 13.2. The Kier molecular flexibility index (Phi) is 3.28. The van der Waals surface area contributed by atoms with Crippen molar-refractivity contribution < 1.29 is 9.53 Å². The molecule has 3 rings (SSSR count). The Labute approximate surface area is 125 Å². The number of hydrogen-bond acceptors (Lipinski definition) is 5. The van der Waals surface area contributed by atoms with Gasteiger partial charge in [-0.2, -0.15) is 5.26 Å². The molecule has 1 aromatic heterocycles. The normalized spacial score (nSPS) is 22.4. The summed E-state index contributed by atoms with van der Waals surface area (Å²) < 4.78 is 6.11. The Hall–Kier alpha value is -1.77. The van der Waals surface area contributed by atoms with E-state index in [-0.39, 0.29) is 17.2 Å². The highest BCUT2D eigenvalue weighted by Gasteiger charge is 2.38. The van der Waals surface area contributed by atoms with Crippen molar-refractivity contribution >= 4 is 28.7 Å². The molecular formula is C14H11ClN2O2S. The van der Waals surface area contributed by atoms with Crippen molar-refractivity contribution in [3.8, 4) is 6.07 Å². The van der Waals surface area contributed by atoms with Crippen LogP contribution in [0.1, 0.15) is 30.1 Å². The molecule has 0 saturated heterocycles. The number of allylic oxidation sites excluding steroid dienone is 3. The van der Waals surface area contributed by atoms with E-state index in [4.69, 9.17) is 22.1 Å². The van der Waals surface area contributed by atoms with Crippen molar-refractivity contribution in [2.24, 2.45) is 5.73 Å². The van der Waals surface area contributed by atoms with Gasteiger partial charge in [0.2, 0.25) is 5.88 Å². The van der Waals surface area contributed by atoms with E-state index < -0.39 is 5.92 Å². The summed E-state index contributed by atoms with van der Waals surface area (Å²) in [6, 6.07) is 5.67. The fourth-order valence-corrected chi connectivity index (χ4v) is 3.81. The van der Waals surface area contributed by atoms with Crippen LogP contribution in [0.25, 0.3) is 0 Å². The van der Waals surface area contributed by atoms with E-state index in [1.54, 1.807) is 6.07 Å². The average molecular weight is 307 g/mol. The van der Waals surface area contributed by atoms with Crippen LogP contribution < -0.4 is 5.73 Å². The second-order valence-electron chi connectivity index (χ2n) is 4.68. The van der Waals surface area contributed by atoms with Gasteiger partial charge in [0, 0.05) is 23.3 Å². The third kappa shape index (κ3) is 2.01. The standard InChI is InChI=1S/C14H11ClN2O2S/c15-11-5-4-10(20-11)12-7(6-16)14(17)19-9-3-1-2-8(18)13(9)12/h4-5,12H,1-3,17H2. The zero-order valence-electron chi connectivity index (χ0n) is 10.5. The van der Waals surface area contributed by atoms with Crippen LogP contribution in [-0.4, -0.2) is 5.78 Å². The molecule has 2 heterocycles. The number of ketones is 1. The Morgan fingerprint density at radius 1 is 1.45 bits per heavy atom. The predicted molar refractivity (Wildman–Crippen MR) is 75.9 cm³/mol. The first-order valence-corrected chi connectivity index (χ1v) is 7.40. The van der Waals surface area contributed by atoms with Crippen molar-refractivity contribution in [3.63, 3.8) is 0 Å². The first-order chi connectivity index (χ1) is 9.61. The van der Waals surface area contributed by atoms with Crippen LogP contribution in [0.2, 0.25) is 4.34 Å². The van der Waals surface area contributed by atoms with Gasteiger partial charge in [-0.25, -0.2) is 0 Å². The Bertz CT molecular complexity index is 696. The summed E-state index contributed by atoms with van der Waals surface area (Å²) in [7, 11) is 0. The lowest BCUT2D eigenvalue weighted by molar-refractivity contribution is -0.116. The number of nitrogens with two attached hydrogens (primary N) is 1. The summed E-state index contributed by atoms with van der Waals surface area (Å²) in [5, 5.41) is 9.35. The molecule has 0 amide bonds. The molecule has 6 heteroatoms. The summed E-state index contributed by atoms with van der Waals surface area (Å²) in [6.45, 7) is 0. The van der Waals surface area contributed by atoms with E-state index in [9.17, 15) is 10.1 Å². The molecule has 102 valence electrons. The minimum Gasteiger partial charge on any atom is -0.444 e. The minimum atomic E-state index is -0.436. The molecule has 0 radical (unpaired) electrons. The minimum absolute atomic E-state index is 0.0287. The lowest BCUT2D eigenvalue weighted by atomic mass is 9.80.